The third kappa shape index (κ3) is 7.12. The number of hydrogen-bond donors (Lipinski definition) is 0. The Bertz CT molecular complexity index is 3270. The SMILES string of the molecule is c1ccc(-c2ccc(-c3cc(-c4ccc(-c5ccccc5)cc4)c4cc(-c5ccc(-c6cc(-c7ccccc7)nc(-c7ccccc7)n6)cc5)c5ccccc5c4n3)cc2)cc1. The van der Waals surface area contributed by atoms with Crippen LogP contribution in [0.4, 0.5) is 0 Å². The van der Waals surface area contributed by atoms with Crippen molar-refractivity contribution in [3.8, 4) is 89.7 Å². The zero-order valence-electron chi connectivity index (χ0n) is 33.9. The predicted octanol–water partition coefficient (Wildman–Crippen LogP) is 15.5. The predicted molar refractivity (Wildman–Crippen MR) is 258 cm³/mol. The summed E-state index contributed by atoms with van der Waals surface area (Å²) >= 11 is 0. The molecule has 9 aromatic carbocycles. The topological polar surface area (TPSA) is 38.7 Å². The zero-order chi connectivity index (χ0) is 41.2. The highest BCUT2D eigenvalue weighted by Crippen LogP contribution is 2.41. The second kappa shape index (κ2) is 16.1. The van der Waals surface area contributed by atoms with Crippen LogP contribution < -0.4 is 0 Å². The molecule has 3 nitrogen and oxygen atoms in total. The Morgan fingerprint density at radius 1 is 0.210 bits per heavy atom. The summed E-state index contributed by atoms with van der Waals surface area (Å²) in [5.74, 6) is 0.704. The number of fused-ring (bicyclic) bond motifs is 3. The van der Waals surface area contributed by atoms with E-state index in [1.54, 1.807) is 0 Å². The molecule has 2 aromatic heterocycles. The van der Waals surface area contributed by atoms with Gasteiger partial charge in [-0.1, -0.05) is 218 Å². The summed E-state index contributed by atoms with van der Waals surface area (Å²) in [6.45, 7) is 0. The molecule has 11 rings (SSSR count). The van der Waals surface area contributed by atoms with E-state index in [1.807, 2.05) is 36.4 Å². The van der Waals surface area contributed by atoms with E-state index in [4.69, 9.17) is 15.0 Å². The van der Waals surface area contributed by atoms with Crippen LogP contribution in [-0.2, 0) is 0 Å². The van der Waals surface area contributed by atoms with Crippen LogP contribution in [0.5, 0.6) is 0 Å². The Balaban J connectivity index is 1.05. The highest BCUT2D eigenvalue weighted by molar-refractivity contribution is 6.16. The third-order valence-electron chi connectivity index (χ3n) is 11.7. The lowest BCUT2D eigenvalue weighted by atomic mass is 9.90. The van der Waals surface area contributed by atoms with Crippen LogP contribution in [-0.4, -0.2) is 15.0 Å². The first-order valence-corrected chi connectivity index (χ1v) is 21.0. The molecule has 0 bridgehead atoms. The van der Waals surface area contributed by atoms with Gasteiger partial charge in [-0.15, -0.1) is 0 Å². The van der Waals surface area contributed by atoms with Crippen molar-refractivity contribution in [1.29, 1.82) is 0 Å². The highest BCUT2D eigenvalue weighted by Gasteiger charge is 2.17. The largest absolute Gasteiger partial charge is 0.247 e. The molecule has 0 aliphatic rings. The van der Waals surface area contributed by atoms with Crippen LogP contribution in [0.2, 0.25) is 0 Å². The van der Waals surface area contributed by atoms with Crippen molar-refractivity contribution in [3.63, 3.8) is 0 Å². The molecule has 0 atom stereocenters. The molecule has 2 heterocycles. The van der Waals surface area contributed by atoms with E-state index in [-0.39, 0.29) is 0 Å². The molecule has 0 aliphatic heterocycles. The highest BCUT2D eigenvalue weighted by atomic mass is 14.9. The van der Waals surface area contributed by atoms with Crippen molar-refractivity contribution in [3.05, 3.63) is 237 Å². The van der Waals surface area contributed by atoms with E-state index in [2.05, 4.69) is 200 Å². The molecule has 0 saturated carbocycles. The third-order valence-corrected chi connectivity index (χ3v) is 11.7. The van der Waals surface area contributed by atoms with Gasteiger partial charge in [-0.2, -0.15) is 0 Å². The monoisotopic (exact) mass is 789 g/mol. The van der Waals surface area contributed by atoms with Gasteiger partial charge in [0.15, 0.2) is 5.82 Å². The van der Waals surface area contributed by atoms with Crippen molar-refractivity contribution < 1.29 is 0 Å². The van der Waals surface area contributed by atoms with E-state index in [1.165, 1.54) is 22.3 Å². The van der Waals surface area contributed by atoms with Gasteiger partial charge < -0.3 is 0 Å². The summed E-state index contributed by atoms with van der Waals surface area (Å²) in [7, 11) is 0. The molecular weight excluding hydrogens is 751 g/mol. The van der Waals surface area contributed by atoms with Gasteiger partial charge in [-0.25, -0.2) is 15.0 Å². The minimum absolute atomic E-state index is 0.704. The van der Waals surface area contributed by atoms with E-state index >= 15 is 0 Å². The Morgan fingerprint density at radius 3 is 1.05 bits per heavy atom. The first-order valence-electron chi connectivity index (χ1n) is 21.0. The van der Waals surface area contributed by atoms with Crippen LogP contribution in [0.3, 0.4) is 0 Å². The van der Waals surface area contributed by atoms with Crippen LogP contribution in [0.1, 0.15) is 0 Å². The lowest BCUT2D eigenvalue weighted by Gasteiger charge is -2.16. The Hall–Kier alpha value is -8.27. The van der Waals surface area contributed by atoms with E-state index in [0.29, 0.717) is 5.82 Å². The van der Waals surface area contributed by atoms with Gasteiger partial charge in [0.25, 0.3) is 0 Å². The van der Waals surface area contributed by atoms with Crippen molar-refractivity contribution >= 4 is 21.7 Å². The van der Waals surface area contributed by atoms with Crippen LogP contribution >= 0.6 is 0 Å². The fourth-order valence-electron chi connectivity index (χ4n) is 8.50. The van der Waals surface area contributed by atoms with Gasteiger partial charge in [0, 0.05) is 33.0 Å². The molecule has 0 N–H and O–H groups in total. The van der Waals surface area contributed by atoms with Gasteiger partial charge in [0.05, 0.1) is 22.6 Å². The summed E-state index contributed by atoms with van der Waals surface area (Å²) in [6, 6.07) is 83.5. The maximum absolute atomic E-state index is 5.47. The molecule has 0 fully saturated rings. The fraction of sp³-hybridized carbons (Fsp3) is 0. The quantitative estimate of drug-likeness (QED) is 0.144. The molecule has 0 amide bonds. The van der Waals surface area contributed by atoms with Crippen molar-refractivity contribution in [2.45, 2.75) is 0 Å². The Labute approximate surface area is 361 Å². The van der Waals surface area contributed by atoms with Gasteiger partial charge in [-0.3, -0.25) is 0 Å². The summed E-state index contributed by atoms with van der Waals surface area (Å²) in [5.41, 5.74) is 17.2. The molecule has 0 unspecified atom stereocenters. The molecule has 11 aromatic rings. The maximum Gasteiger partial charge on any atom is 0.160 e. The molecule has 0 saturated heterocycles. The van der Waals surface area contributed by atoms with Crippen molar-refractivity contribution in [2.24, 2.45) is 0 Å². The number of rotatable bonds is 8. The number of benzene rings is 9. The fourth-order valence-corrected chi connectivity index (χ4v) is 8.50. The maximum atomic E-state index is 5.47. The number of nitrogens with zero attached hydrogens (tertiary/aromatic N) is 3. The van der Waals surface area contributed by atoms with Gasteiger partial charge >= 0.3 is 0 Å². The van der Waals surface area contributed by atoms with E-state index in [9.17, 15) is 0 Å². The number of hydrogen-bond acceptors (Lipinski definition) is 3. The second-order valence-corrected chi connectivity index (χ2v) is 15.6. The first kappa shape index (κ1) is 36.8. The summed E-state index contributed by atoms with van der Waals surface area (Å²) < 4.78 is 0. The number of pyridine rings is 1. The van der Waals surface area contributed by atoms with E-state index < -0.39 is 0 Å². The van der Waals surface area contributed by atoms with Gasteiger partial charge in [0.1, 0.15) is 0 Å². The van der Waals surface area contributed by atoms with Gasteiger partial charge in [-0.05, 0) is 68.1 Å². The minimum Gasteiger partial charge on any atom is -0.247 e. The molecule has 0 radical (unpaired) electrons. The summed E-state index contributed by atoms with van der Waals surface area (Å²) in [6.07, 6.45) is 0. The zero-order valence-corrected chi connectivity index (χ0v) is 33.9. The first-order chi connectivity index (χ1) is 30.7. The Kier molecular flexibility index (Phi) is 9.53. The minimum atomic E-state index is 0.704. The number of aromatic nitrogens is 3. The molecule has 62 heavy (non-hydrogen) atoms. The van der Waals surface area contributed by atoms with Crippen molar-refractivity contribution in [1.82, 2.24) is 15.0 Å². The molecule has 0 aliphatic carbocycles. The molecule has 290 valence electrons. The average molecular weight is 790 g/mol. The van der Waals surface area contributed by atoms with Crippen LogP contribution in [0, 0.1) is 0 Å². The standard InChI is InChI=1S/C59H39N3/c1-5-15-40(16-6-1)42-25-29-45(30-26-42)53-38-55(47-33-27-43(28-34-47)41-17-7-2-8-18-41)60-58-51-24-14-13-23-50(51)52(37-54(53)58)44-31-35-48(36-32-44)57-39-56(46-19-9-3-10-20-46)61-59(62-57)49-21-11-4-12-22-49/h1-39H. The van der Waals surface area contributed by atoms with Crippen LogP contribution in [0.25, 0.3) is 111 Å². The van der Waals surface area contributed by atoms with Gasteiger partial charge in [0.2, 0.25) is 0 Å². The summed E-state index contributed by atoms with van der Waals surface area (Å²) in [4.78, 5) is 15.6. The van der Waals surface area contributed by atoms with Crippen LogP contribution in [0.15, 0.2) is 237 Å². The lowest BCUT2D eigenvalue weighted by Crippen LogP contribution is -1.96. The summed E-state index contributed by atoms with van der Waals surface area (Å²) in [5, 5.41) is 3.38. The second-order valence-electron chi connectivity index (χ2n) is 15.6. The molecular formula is C59H39N3. The molecule has 3 heteroatoms. The average Bonchev–Trinajstić information content (AvgIpc) is 3.37. The van der Waals surface area contributed by atoms with Crippen molar-refractivity contribution in [2.75, 3.05) is 0 Å². The smallest absolute Gasteiger partial charge is 0.160 e. The lowest BCUT2D eigenvalue weighted by molar-refractivity contribution is 1.18. The Morgan fingerprint density at radius 2 is 0.548 bits per heavy atom. The normalized spacial score (nSPS) is 11.2. The van der Waals surface area contributed by atoms with E-state index in [0.717, 1.165) is 83.3 Å². The molecule has 0 spiro atoms.